The van der Waals surface area contributed by atoms with Crippen LogP contribution >= 0.6 is 0 Å². The highest BCUT2D eigenvalue weighted by molar-refractivity contribution is 5.26. The number of likely N-dealkylation sites (N-methyl/N-ethyl adjacent to an activating group) is 1. The molecule has 0 bridgehead atoms. The summed E-state index contributed by atoms with van der Waals surface area (Å²) in [6.07, 6.45) is 2.15. The molecule has 0 fully saturated rings. The molecule has 0 aliphatic carbocycles. The molecule has 0 amide bonds. The molecule has 2 aromatic carbocycles. The second kappa shape index (κ2) is 7.25. The number of nitrogens with one attached hydrogen (secondary N) is 1. The molecule has 0 radical (unpaired) electrons. The molecule has 1 nitrogen and oxygen atoms in total. The Morgan fingerprint density at radius 3 is 1.85 bits per heavy atom. The van der Waals surface area contributed by atoms with Gasteiger partial charge in [-0.2, -0.15) is 0 Å². The lowest BCUT2D eigenvalue weighted by molar-refractivity contribution is 0.556. The first-order chi connectivity index (χ1) is 9.69. The summed E-state index contributed by atoms with van der Waals surface area (Å²) in [6.45, 7) is 4.47. The fourth-order valence-corrected chi connectivity index (χ4v) is 2.50. The second-order valence-electron chi connectivity index (χ2n) is 5.78. The van der Waals surface area contributed by atoms with Gasteiger partial charge < -0.3 is 5.32 Å². The van der Waals surface area contributed by atoms with Gasteiger partial charge in [0.25, 0.3) is 0 Å². The number of benzene rings is 2. The summed E-state index contributed by atoms with van der Waals surface area (Å²) in [4.78, 5) is 0. The van der Waals surface area contributed by atoms with Crippen LogP contribution in [0.1, 0.15) is 36.5 Å². The summed E-state index contributed by atoms with van der Waals surface area (Å²) < 4.78 is 0. The van der Waals surface area contributed by atoms with Crippen molar-refractivity contribution < 1.29 is 0 Å². The van der Waals surface area contributed by atoms with Crippen molar-refractivity contribution in [2.75, 3.05) is 7.05 Å². The molecule has 1 heteroatoms. The Hall–Kier alpha value is -1.60. The normalized spacial score (nSPS) is 12.6. The van der Waals surface area contributed by atoms with Gasteiger partial charge in [0.1, 0.15) is 0 Å². The predicted octanol–water partition coefficient (Wildman–Crippen LogP) is 4.18. The van der Waals surface area contributed by atoms with E-state index in [1.165, 1.54) is 16.7 Å². The smallest absolute Gasteiger partial charge is 0.0145 e. The van der Waals surface area contributed by atoms with Gasteiger partial charge in [-0.15, -0.1) is 0 Å². The van der Waals surface area contributed by atoms with Crippen molar-refractivity contribution >= 4 is 0 Å². The lowest BCUT2D eigenvalue weighted by Gasteiger charge is -2.17. The number of rotatable bonds is 6. The Kier molecular flexibility index (Phi) is 5.37. The quantitative estimate of drug-likeness (QED) is 0.827. The third-order valence-electron chi connectivity index (χ3n) is 3.86. The molecule has 0 aliphatic heterocycles. The zero-order valence-corrected chi connectivity index (χ0v) is 12.8. The third kappa shape index (κ3) is 4.21. The van der Waals surface area contributed by atoms with Gasteiger partial charge >= 0.3 is 0 Å². The van der Waals surface area contributed by atoms with E-state index in [1.807, 2.05) is 0 Å². The van der Waals surface area contributed by atoms with Crippen LogP contribution in [0.25, 0.3) is 0 Å². The van der Waals surface area contributed by atoms with E-state index in [9.17, 15) is 0 Å². The Bertz CT molecular complexity index is 499. The SMILES string of the molecule is CNC(Cc1ccccc1)Cc1ccc(C(C)C)cc1. The van der Waals surface area contributed by atoms with Gasteiger partial charge in [-0.1, -0.05) is 68.4 Å². The largest absolute Gasteiger partial charge is 0.316 e. The molecule has 1 unspecified atom stereocenters. The van der Waals surface area contributed by atoms with E-state index in [0.717, 1.165) is 12.8 Å². The highest BCUT2D eigenvalue weighted by Gasteiger charge is 2.08. The molecule has 0 saturated carbocycles. The van der Waals surface area contributed by atoms with E-state index in [2.05, 4.69) is 80.8 Å². The summed E-state index contributed by atoms with van der Waals surface area (Å²) >= 11 is 0. The van der Waals surface area contributed by atoms with Gasteiger partial charge in [-0.25, -0.2) is 0 Å². The summed E-state index contributed by atoms with van der Waals surface area (Å²) in [6, 6.07) is 20.2. The maximum atomic E-state index is 3.44. The molecule has 1 N–H and O–H groups in total. The van der Waals surface area contributed by atoms with Crippen LogP contribution in [-0.2, 0) is 12.8 Å². The molecule has 1 atom stereocenters. The molecule has 0 aromatic heterocycles. The lowest BCUT2D eigenvalue weighted by atomic mass is 9.96. The summed E-state index contributed by atoms with van der Waals surface area (Å²) in [5.41, 5.74) is 4.22. The average molecular weight is 267 g/mol. The first-order valence-electron chi connectivity index (χ1n) is 7.49. The Balaban J connectivity index is 1.99. The zero-order chi connectivity index (χ0) is 14.4. The van der Waals surface area contributed by atoms with Crippen LogP contribution < -0.4 is 5.32 Å². The highest BCUT2D eigenvalue weighted by atomic mass is 14.9. The van der Waals surface area contributed by atoms with Crippen LogP contribution in [0.5, 0.6) is 0 Å². The fourth-order valence-electron chi connectivity index (χ4n) is 2.50. The number of hydrogen-bond donors (Lipinski definition) is 1. The predicted molar refractivity (Wildman–Crippen MR) is 87.2 cm³/mol. The molecular weight excluding hydrogens is 242 g/mol. The molecule has 20 heavy (non-hydrogen) atoms. The third-order valence-corrected chi connectivity index (χ3v) is 3.86. The Morgan fingerprint density at radius 2 is 1.35 bits per heavy atom. The van der Waals surface area contributed by atoms with Crippen molar-refractivity contribution in [1.29, 1.82) is 0 Å². The van der Waals surface area contributed by atoms with Crippen LogP contribution in [0.15, 0.2) is 54.6 Å². The molecule has 0 spiro atoms. The van der Waals surface area contributed by atoms with Crippen molar-refractivity contribution in [2.24, 2.45) is 0 Å². The van der Waals surface area contributed by atoms with Crippen molar-refractivity contribution in [1.82, 2.24) is 5.32 Å². The van der Waals surface area contributed by atoms with Gasteiger partial charge in [-0.05, 0) is 42.5 Å². The van der Waals surface area contributed by atoms with Crippen LogP contribution in [0.4, 0.5) is 0 Å². The molecule has 2 aromatic rings. The minimum Gasteiger partial charge on any atom is -0.316 e. The van der Waals surface area contributed by atoms with Gasteiger partial charge in [0.05, 0.1) is 0 Å². The van der Waals surface area contributed by atoms with Crippen molar-refractivity contribution in [3.05, 3.63) is 71.3 Å². The van der Waals surface area contributed by atoms with E-state index in [0.29, 0.717) is 12.0 Å². The minimum atomic E-state index is 0.488. The molecule has 0 heterocycles. The van der Waals surface area contributed by atoms with Gasteiger partial charge in [-0.3, -0.25) is 0 Å². The van der Waals surface area contributed by atoms with Crippen molar-refractivity contribution in [2.45, 2.75) is 38.6 Å². The van der Waals surface area contributed by atoms with Crippen LogP contribution in [-0.4, -0.2) is 13.1 Å². The average Bonchev–Trinajstić information content (AvgIpc) is 2.48. The molecule has 0 aliphatic rings. The number of hydrogen-bond acceptors (Lipinski definition) is 1. The van der Waals surface area contributed by atoms with E-state index in [-0.39, 0.29) is 0 Å². The first-order valence-corrected chi connectivity index (χ1v) is 7.49. The van der Waals surface area contributed by atoms with Gasteiger partial charge in [0.2, 0.25) is 0 Å². The molecular formula is C19H25N. The van der Waals surface area contributed by atoms with Crippen LogP contribution in [0, 0.1) is 0 Å². The summed E-state index contributed by atoms with van der Waals surface area (Å²) in [5.74, 6) is 0.605. The maximum absolute atomic E-state index is 3.44. The monoisotopic (exact) mass is 267 g/mol. The lowest BCUT2D eigenvalue weighted by Crippen LogP contribution is -2.29. The topological polar surface area (TPSA) is 12.0 Å². The Labute approximate surface area is 123 Å². The molecule has 0 saturated heterocycles. The van der Waals surface area contributed by atoms with Crippen molar-refractivity contribution in [3.63, 3.8) is 0 Å². The van der Waals surface area contributed by atoms with Gasteiger partial charge in [0, 0.05) is 6.04 Å². The maximum Gasteiger partial charge on any atom is 0.0145 e. The molecule has 106 valence electrons. The first kappa shape index (κ1) is 14.8. The fraction of sp³-hybridized carbons (Fsp3) is 0.368. The zero-order valence-electron chi connectivity index (χ0n) is 12.8. The standard InChI is InChI=1S/C19H25N/c1-15(2)18-11-9-17(10-12-18)14-19(20-3)13-16-7-5-4-6-8-16/h4-12,15,19-20H,13-14H2,1-3H3. The van der Waals surface area contributed by atoms with E-state index in [1.54, 1.807) is 0 Å². The molecule has 2 rings (SSSR count). The van der Waals surface area contributed by atoms with Crippen molar-refractivity contribution in [3.8, 4) is 0 Å². The highest BCUT2D eigenvalue weighted by Crippen LogP contribution is 2.16. The summed E-state index contributed by atoms with van der Waals surface area (Å²) in [5, 5.41) is 3.44. The van der Waals surface area contributed by atoms with Gasteiger partial charge in [0.15, 0.2) is 0 Å². The minimum absolute atomic E-state index is 0.488. The summed E-state index contributed by atoms with van der Waals surface area (Å²) in [7, 11) is 2.05. The van der Waals surface area contributed by atoms with Crippen LogP contribution in [0.3, 0.4) is 0 Å². The van der Waals surface area contributed by atoms with E-state index < -0.39 is 0 Å². The van der Waals surface area contributed by atoms with E-state index in [4.69, 9.17) is 0 Å². The second-order valence-corrected chi connectivity index (χ2v) is 5.78. The Morgan fingerprint density at radius 1 is 0.800 bits per heavy atom. The van der Waals surface area contributed by atoms with Crippen LogP contribution in [0.2, 0.25) is 0 Å². The van der Waals surface area contributed by atoms with E-state index >= 15 is 0 Å².